The highest BCUT2D eigenvalue weighted by atomic mass is 19.3. The van der Waals surface area contributed by atoms with Crippen LogP contribution in [-0.2, 0) is 16.1 Å². The number of aromatic nitrogens is 3. The molecule has 292 valence electrons. The second kappa shape index (κ2) is 14.8. The molecule has 57 heavy (non-hydrogen) atoms. The first-order valence-corrected chi connectivity index (χ1v) is 17.5. The molecule has 2 aliphatic heterocycles. The average molecular weight is 784 g/mol. The van der Waals surface area contributed by atoms with Gasteiger partial charge in [-0.1, -0.05) is 12.1 Å². The number of nitrogens with one attached hydrogen (secondary N) is 2. The van der Waals surface area contributed by atoms with Crippen LogP contribution >= 0.6 is 0 Å². The minimum Gasteiger partial charge on any atom is -0.485 e. The number of carbonyl (C=O) groups excluding carboxylic acids is 4. The van der Waals surface area contributed by atoms with Gasteiger partial charge in [-0.25, -0.2) is 32.3 Å². The molecule has 0 spiro atoms. The number of nitrogen functional groups attached to an aromatic ring is 1. The quantitative estimate of drug-likeness (QED) is 0.0916. The number of nitrogens with zero attached hydrogens (tertiary/aromatic N) is 4. The fourth-order valence-electron chi connectivity index (χ4n) is 6.89. The number of anilines is 2. The number of benzene rings is 3. The first-order valence-electron chi connectivity index (χ1n) is 17.5. The van der Waals surface area contributed by atoms with Crippen molar-refractivity contribution in [2.45, 2.75) is 38.5 Å². The first kappa shape index (κ1) is 36.7. The highest BCUT2D eigenvalue weighted by molar-refractivity contribution is 6.23. The van der Waals surface area contributed by atoms with E-state index in [-0.39, 0.29) is 59.4 Å². The van der Waals surface area contributed by atoms with Gasteiger partial charge in [-0.3, -0.25) is 9.59 Å². The molecular weight excluding hydrogens is 751 g/mol. The number of amides is 4. The molecule has 4 N–H and O–H groups in total. The van der Waals surface area contributed by atoms with Crippen LogP contribution in [0.25, 0.3) is 16.6 Å². The number of furan rings is 1. The number of imide groups is 1. The van der Waals surface area contributed by atoms with E-state index in [9.17, 15) is 32.3 Å². The average Bonchev–Trinajstić information content (AvgIpc) is 4.03. The Hall–Kier alpha value is -7.24. The molecule has 6 aromatic rings. The molecule has 0 bridgehead atoms. The zero-order chi connectivity index (χ0) is 40.0. The number of rotatable bonds is 12. The summed E-state index contributed by atoms with van der Waals surface area (Å²) in [5.74, 6) is -1.05. The first-order chi connectivity index (χ1) is 27.4. The second-order valence-corrected chi connectivity index (χ2v) is 13.3. The number of hydrogen-bond acceptors (Lipinski definition) is 10. The summed E-state index contributed by atoms with van der Waals surface area (Å²) < 4.78 is 63.6. The van der Waals surface area contributed by atoms with Crippen molar-refractivity contribution in [3.05, 3.63) is 114 Å². The number of aryl methyl sites for hydroxylation is 1. The zero-order valence-corrected chi connectivity index (χ0v) is 29.9. The molecule has 3 aromatic heterocycles. The molecule has 4 amide bonds. The molecule has 3 aromatic carbocycles. The lowest BCUT2D eigenvalue weighted by Gasteiger charge is -2.21. The fourth-order valence-corrected chi connectivity index (χ4v) is 6.89. The van der Waals surface area contributed by atoms with Crippen LogP contribution in [0.5, 0.6) is 17.2 Å². The molecule has 2 saturated heterocycles. The summed E-state index contributed by atoms with van der Waals surface area (Å²) in [7, 11) is 0. The van der Waals surface area contributed by atoms with Gasteiger partial charge in [0.1, 0.15) is 35.7 Å². The highest BCUT2D eigenvalue weighted by Crippen LogP contribution is 2.40. The van der Waals surface area contributed by atoms with Crippen molar-refractivity contribution in [3.8, 4) is 22.9 Å². The highest BCUT2D eigenvalue weighted by Gasteiger charge is 2.52. The van der Waals surface area contributed by atoms with Gasteiger partial charge in [-0.05, 0) is 79.6 Å². The Morgan fingerprint density at radius 2 is 1.88 bits per heavy atom. The third-order valence-electron chi connectivity index (χ3n) is 9.55. The van der Waals surface area contributed by atoms with E-state index in [2.05, 4.69) is 15.4 Å². The molecule has 2 atom stereocenters. The number of nitrogens with two attached hydrogens (primary N) is 1. The number of halogens is 3. The Labute approximate surface area is 320 Å². The molecule has 2 aliphatic rings. The molecule has 2 fully saturated rings. The molecular formula is C39H32F3N7O8. The molecule has 18 heteroatoms. The Balaban J connectivity index is 1.01. The number of para-hydroxylation sites is 1. The molecule has 8 rings (SSSR count). The maximum atomic E-state index is 14.1. The molecule has 15 nitrogen and oxygen atoms in total. The van der Waals surface area contributed by atoms with Crippen LogP contribution in [-0.4, -0.2) is 75.1 Å². The van der Waals surface area contributed by atoms with Crippen LogP contribution in [0, 0.1) is 12.7 Å². The van der Waals surface area contributed by atoms with E-state index < -0.39 is 54.7 Å². The van der Waals surface area contributed by atoms with Gasteiger partial charge in [-0.2, -0.15) is 5.10 Å². The number of H-pyrrole nitrogens is 1. The minimum atomic E-state index is -2.87. The molecule has 0 saturated carbocycles. The fraction of sp³-hybridized carbons (Fsp3) is 0.205. The van der Waals surface area contributed by atoms with Crippen LogP contribution in [0.3, 0.4) is 0 Å². The Kier molecular flexibility index (Phi) is 9.52. The Bertz CT molecular complexity index is 2510. The molecule has 0 radical (unpaired) electrons. The van der Waals surface area contributed by atoms with Crippen molar-refractivity contribution in [1.82, 2.24) is 25.0 Å². The number of ketones is 1. The largest absolute Gasteiger partial charge is 0.485 e. The summed E-state index contributed by atoms with van der Waals surface area (Å²) in [6, 6.07) is 16.1. The van der Waals surface area contributed by atoms with Gasteiger partial charge in [0.05, 0.1) is 41.1 Å². The van der Waals surface area contributed by atoms with Crippen LogP contribution < -0.4 is 25.4 Å². The third-order valence-corrected chi connectivity index (χ3v) is 9.55. The van der Waals surface area contributed by atoms with Gasteiger partial charge < -0.3 is 39.6 Å². The van der Waals surface area contributed by atoms with E-state index in [1.54, 1.807) is 49.4 Å². The van der Waals surface area contributed by atoms with Crippen molar-refractivity contribution in [3.63, 3.8) is 0 Å². The summed E-state index contributed by atoms with van der Waals surface area (Å²) in [5, 5.41) is 7.33. The van der Waals surface area contributed by atoms with Crippen molar-refractivity contribution in [1.29, 1.82) is 0 Å². The van der Waals surface area contributed by atoms with Crippen molar-refractivity contribution < 1.29 is 51.0 Å². The number of carbonyl (C=O) groups is 4. The van der Waals surface area contributed by atoms with Gasteiger partial charge >= 0.3 is 12.1 Å². The van der Waals surface area contributed by atoms with E-state index in [1.165, 1.54) is 52.4 Å². The van der Waals surface area contributed by atoms with Crippen LogP contribution in [0.2, 0.25) is 0 Å². The second-order valence-electron chi connectivity index (χ2n) is 13.3. The number of alkyl carbamates (subject to hydrolysis) is 1. The van der Waals surface area contributed by atoms with Crippen LogP contribution in [0.1, 0.15) is 33.8 Å². The monoisotopic (exact) mass is 783 g/mol. The smallest absolute Gasteiger partial charge is 0.407 e. The minimum absolute atomic E-state index is 0.0126. The van der Waals surface area contributed by atoms with E-state index in [0.29, 0.717) is 28.1 Å². The lowest BCUT2D eigenvalue weighted by molar-refractivity contribution is -0.119. The maximum absolute atomic E-state index is 14.1. The number of ether oxygens (including phenoxy) is 3. The van der Waals surface area contributed by atoms with Crippen molar-refractivity contribution in [2.24, 2.45) is 0 Å². The number of aromatic amines is 1. The van der Waals surface area contributed by atoms with E-state index in [0.717, 1.165) is 4.90 Å². The number of urea groups is 1. The van der Waals surface area contributed by atoms with Crippen molar-refractivity contribution in [2.75, 3.05) is 23.8 Å². The normalized spacial score (nSPS) is 16.4. The SMILES string of the molecule is Cc1cc(Oc2ccccc2F)ccc1-n1ncc(C(=O)c2cc3cc(OCC(F)F)c(N4C(=O)C5CC(NC(=O)OCc6ccco6)CN5C4=O)cc3[nH]2)c1N. The number of hydrogen-bond donors (Lipinski definition) is 3. The summed E-state index contributed by atoms with van der Waals surface area (Å²) in [6.07, 6.45) is -0.820. The van der Waals surface area contributed by atoms with E-state index in [4.69, 9.17) is 24.4 Å². The van der Waals surface area contributed by atoms with Gasteiger partial charge in [0.25, 0.3) is 12.3 Å². The number of alkyl halides is 2. The predicted octanol–water partition coefficient (Wildman–Crippen LogP) is 6.48. The van der Waals surface area contributed by atoms with Crippen LogP contribution in [0.4, 0.5) is 34.3 Å². The summed E-state index contributed by atoms with van der Waals surface area (Å²) in [6.45, 7) is 0.613. The van der Waals surface area contributed by atoms with Gasteiger partial charge in [0.15, 0.2) is 18.2 Å². The van der Waals surface area contributed by atoms with E-state index >= 15 is 0 Å². The standard InChI is InChI=1S/C39H32F3N7O8/c1-20-11-23(57-32-7-3-2-6-26(32)40)8-9-29(20)49-36(43)25(16-44-49)35(50)28-12-21-13-33(55-19-34(41)42)30(15-27(21)46-28)48-37(51)31-14-22(17-47(31)39(48)53)45-38(52)56-18-24-5-4-10-54-24/h2-13,15-16,22,31,34,46H,14,17-19,43H2,1H3,(H,45,52). The summed E-state index contributed by atoms with van der Waals surface area (Å²) in [4.78, 5) is 58.7. The summed E-state index contributed by atoms with van der Waals surface area (Å²) >= 11 is 0. The predicted molar refractivity (Wildman–Crippen MR) is 196 cm³/mol. The Morgan fingerprint density at radius 3 is 2.61 bits per heavy atom. The maximum Gasteiger partial charge on any atom is 0.407 e. The van der Waals surface area contributed by atoms with Crippen molar-refractivity contribution >= 4 is 46.2 Å². The van der Waals surface area contributed by atoms with Gasteiger partial charge in [0, 0.05) is 17.4 Å². The van der Waals surface area contributed by atoms with E-state index in [1.807, 2.05) is 0 Å². The van der Waals surface area contributed by atoms with Gasteiger partial charge in [0.2, 0.25) is 5.78 Å². The lowest BCUT2D eigenvalue weighted by atomic mass is 10.1. The Morgan fingerprint density at radius 1 is 1.05 bits per heavy atom. The lowest BCUT2D eigenvalue weighted by Crippen LogP contribution is -2.41. The topological polar surface area (TPSA) is 187 Å². The molecule has 5 heterocycles. The number of fused-ring (bicyclic) bond motifs is 2. The zero-order valence-electron chi connectivity index (χ0n) is 29.9. The van der Waals surface area contributed by atoms with Crippen LogP contribution in [0.15, 0.2) is 89.7 Å². The summed E-state index contributed by atoms with van der Waals surface area (Å²) in [5.41, 5.74) is 7.90. The molecule has 0 aliphatic carbocycles. The third kappa shape index (κ3) is 7.07. The molecule has 2 unspecified atom stereocenters. The van der Waals surface area contributed by atoms with Gasteiger partial charge in [-0.15, -0.1) is 0 Å².